The van der Waals surface area contributed by atoms with E-state index in [1.165, 1.54) is 0 Å². The van der Waals surface area contributed by atoms with Crippen molar-refractivity contribution in [3.8, 4) is 0 Å². The molecule has 0 unspecified atom stereocenters. The van der Waals surface area contributed by atoms with Crippen molar-refractivity contribution < 1.29 is 54.7 Å². The number of hydrogen-bond donors (Lipinski definition) is 11. The Kier molecular flexibility index (Phi) is 8.99. The summed E-state index contributed by atoms with van der Waals surface area (Å²) in [7, 11) is 0. The van der Waals surface area contributed by atoms with Crippen LogP contribution in [-0.2, 0) is 18.9 Å². The lowest BCUT2D eigenvalue weighted by Gasteiger charge is -2.48. The van der Waals surface area contributed by atoms with Crippen molar-refractivity contribution in [1.29, 1.82) is 0 Å². The number of hydrogen-bond acceptors (Lipinski definition) is 15. The highest BCUT2D eigenvalue weighted by Crippen LogP contribution is 2.31. The Balaban J connectivity index is 1.80. The van der Waals surface area contributed by atoms with Gasteiger partial charge in [0.1, 0.15) is 54.9 Å². The van der Waals surface area contributed by atoms with E-state index in [9.17, 15) is 35.7 Å². The first-order chi connectivity index (χ1) is 15.5. The van der Waals surface area contributed by atoms with Crippen LogP contribution in [0.25, 0.3) is 0 Å². The Labute approximate surface area is 189 Å². The number of aliphatic hydroxyl groups is 7. The normalized spacial score (nSPS) is 53.7. The van der Waals surface area contributed by atoms with Crippen LogP contribution in [0.3, 0.4) is 0 Å². The fraction of sp³-hybridized carbons (Fsp3) is 1.00. The van der Waals surface area contributed by atoms with Gasteiger partial charge in [-0.15, -0.1) is 0 Å². The molecule has 15 heteroatoms. The van der Waals surface area contributed by atoms with E-state index in [4.69, 9.17) is 41.9 Å². The predicted molar refractivity (Wildman–Crippen MR) is 108 cm³/mol. The highest BCUT2D eigenvalue weighted by atomic mass is 16.7. The van der Waals surface area contributed by atoms with Crippen molar-refractivity contribution in [3.63, 3.8) is 0 Å². The van der Waals surface area contributed by atoms with Crippen LogP contribution >= 0.6 is 0 Å². The topological polar surface area (TPSA) is 283 Å². The van der Waals surface area contributed by atoms with Crippen molar-refractivity contribution >= 4 is 0 Å². The van der Waals surface area contributed by atoms with Crippen LogP contribution in [0.2, 0.25) is 0 Å². The Morgan fingerprint density at radius 2 is 1.24 bits per heavy atom. The lowest BCUT2D eigenvalue weighted by molar-refractivity contribution is -0.342. The minimum Gasteiger partial charge on any atom is -0.394 e. The molecule has 2 heterocycles. The Bertz CT molecular complexity index is 634. The minimum absolute atomic E-state index is 0.105. The molecule has 15 nitrogen and oxygen atoms in total. The zero-order valence-electron chi connectivity index (χ0n) is 17.9. The van der Waals surface area contributed by atoms with Gasteiger partial charge in [0.2, 0.25) is 0 Å². The molecule has 3 aliphatic rings. The van der Waals surface area contributed by atoms with Gasteiger partial charge in [0.05, 0.1) is 18.8 Å². The fourth-order valence-corrected chi connectivity index (χ4v) is 4.37. The molecule has 33 heavy (non-hydrogen) atoms. The summed E-state index contributed by atoms with van der Waals surface area (Å²) in [6, 6.07) is -2.87. The van der Waals surface area contributed by atoms with E-state index in [0.29, 0.717) is 0 Å². The molecule has 2 saturated heterocycles. The van der Waals surface area contributed by atoms with Crippen LogP contribution in [0, 0.1) is 0 Å². The summed E-state index contributed by atoms with van der Waals surface area (Å²) >= 11 is 0. The van der Waals surface area contributed by atoms with Crippen molar-refractivity contribution in [2.45, 2.75) is 98.2 Å². The van der Waals surface area contributed by atoms with E-state index < -0.39 is 98.4 Å². The van der Waals surface area contributed by atoms with Crippen LogP contribution < -0.4 is 22.9 Å². The zero-order chi connectivity index (χ0) is 24.6. The molecule has 0 aromatic carbocycles. The summed E-state index contributed by atoms with van der Waals surface area (Å²) < 4.78 is 22.5. The minimum atomic E-state index is -1.74. The third kappa shape index (κ3) is 5.32. The largest absolute Gasteiger partial charge is 0.394 e. The SMILES string of the molecule is NC[C@@H]1O[C@H](O[C@H]2[C@H](O[C@@H]3O[C@H](CO)[C@@H](O)[C@H](O)[C@@H]3O)[C@H](O)[C@H](N)C[C@H]2N)[C@@H](N)[C@@H](O)[C@@H]1O. The number of rotatable bonds is 6. The summed E-state index contributed by atoms with van der Waals surface area (Å²) in [6.45, 7) is -0.817. The van der Waals surface area contributed by atoms with Gasteiger partial charge in [0.15, 0.2) is 12.6 Å². The van der Waals surface area contributed by atoms with Gasteiger partial charge in [-0.3, -0.25) is 0 Å². The molecule has 3 rings (SSSR count). The Morgan fingerprint density at radius 3 is 1.85 bits per heavy atom. The predicted octanol–water partition coefficient (Wildman–Crippen LogP) is -7.29. The van der Waals surface area contributed by atoms with Gasteiger partial charge in [-0.25, -0.2) is 0 Å². The molecular weight excluding hydrogens is 448 g/mol. The number of nitrogens with two attached hydrogens (primary N) is 4. The van der Waals surface area contributed by atoms with Gasteiger partial charge in [0, 0.05) is 18.6 Å². The average molecular weight is 485 g/mol. The molecule has 0 aromatic heterocycles. The third-order valence-electron chi connectivity index (χ3n) is 6.48. The molecular formula is C18H36N4O11. The molecule has 0 bridgehead atoms. The molecule has 194 valence electrons. The summed E-state index contributed by atoms with van der Waals surface area (Å²) in [5.41, 5.74) is 23.7. The maximum Gasteiger partial charge on any atom is 0.187 e. The smallest absolute Gasteiger partial charge is 0.187 e. The Morgan fingerprint density at radius 1 is 0.667 bits per heavy atom. The molecule has 3 fully saturated rings. The van der Waals surface area contributed by atoms with E-state index >= 15 is 0 Å². The lowest BCUT2D eigenvalue weighted by Crippen LogP contribution is -2.69. The maximum atomic E-state index is 10.7. The molecule has 2 aliphatic heterocycles. The molecule has 1 aliphatic carbocycles. The molecule has 15 N–H and O–H groups in total. The molecule has 0 aromatic rings. The highest BCUT2D eigenvalue weighted by Gasteiger charge is 2.52. The summed E-state index contributed by atoms with van der Waals surface area (Å²) in [4.78, 5) is 0. The van der Waals surface area contributed by atoms with Gasteiger partial charge in [-0.05, 0) is 6.42 Å². The zero-order valence-corrected chi connectivity index (χ0v) is 17.9. The molecule has 0 radical (unpaired) electrons. The van der Waals surface area contributed by atoms with Crippen molar-refractivity contribution in [2.75, 3.05) is 13.2 Å². The fourth-order valence-electron chi connectivity index (χ4n) is 4.37. The quantitative estimate of drug-likeness (QED) is 0.167. The maximum absolute atomic E-state index is 10.7. The van der Waals surface area contributed by atoms with Crippen molar-refractivity contribution in [1.82, 2.24) is 0 Å². The van der Waals surface area contributed by atoms with E-state index in [-0.39, 0.29) is 13.0 Å². The lowest BCUT2D eigenvalue weighted by atomic mass is 9.84. The monoisotopic (exact) mass is 484 g/mol. The Hall–Kier alpha value is -0.600. The first-order valence-corrected chi connectivity index (χ1v) is 10.8. The van der Waals surface area contributed by atoms with Gasteiger partial charge >= 0.3 is 0 Å². The van der Waals surface area contributed by atoms with E-state index in [1.807, 2.05) is 0 Å². The number of aliphatic hydroxyl groups excluding tert-OH is 7. The molecule has 1 saturated carbocycles. The second-order valence-electron chi connectivity index (χ2n) is 8.79. The summed E-state index contributed by atoms with van der Waals surface area (Å²) in [6.07, 6.45) is -16.7. The van der Waals surface area contributed by atoms with E-state index in [0.717, 1.165) is 0 Å². The summed E-state index contributed by atoms with van der Waals surface area (Å²) in [5, 5.41) is 70.7. The number of ether oxygens (including phenoxy) is 4. The van der Waals surface area contributed by atoms with Gasteiger partial charge < -0.3 is 77.6 Å². The third-order valence-corrected chi connectivity index (χ3v) is 6.48. The summed E-state index contributed by atoms with van der Waals surface area (Å²) in [5.74, 6) is 0. The molecule has 0 spiro atoms. The highest BCUT2D eigenvalue weighted by molar-refractivity contribution is 5.01. The first-order valence-electron chi connectivity index (χ1n) is 10.8. The van der Waals surface area contributed by atoms with Gasteiger partial charge in [0.25, 0.3) is 0 Å². The van der Waals surface area contributed by atoms with E-state index in [1.54, 1.807) is 0 Å². The second-order valence-corrected chi connectivity index (χ2v) is 8.79. The average Bonchev–Trinajstić information content (AvgIpc) is 2.79. The standard InChI is InChI=1S/C18H36N4O11/c19-2-6-10(25)12(27)8(22)17(30-6)32-15-5(21)1-4(20)9(24)16(15)33-18-14(29)13(28)11(26)7(3-23)31-18/h4-18,23-29H,1-3,19-22H2/t4-,5-,6+,7-,8+,9-,10-,11-,12-,13+,14+,15-,16-,17-,18+/m1/s1. The second kappa shape index (κ2) is 11.0. The van der Waals surface area contributed by atoms with Crippen LogP contribution in [-0.4, -0.2) is 141 Å². The first kappa shape index (κ1) is 27.0. The van der Waals surface area contributed by atoms with Gasteiger partial charge in [-0.2, -0.15) is 0 Å². The molecule has 0 amide bonds. The van der Waals surface area contributed by atoms with Gasteiger partial charge in [-0.1, -0.05) is 0 Å². The van der Waals surface area contributed by atoms with Crippen LogP contribution in [0.1, 0.15) is 6.42 Å². The van der Waals surface area contributed by atoms with Crippen LogP contribution in [0.15, 0.2) is 0 Å². The van der Waals surface area contributed by atoms with Crippen LogP contribution in [0.5, 0.6) is 0 Å². The van der Waals surface area contributed by atoms with E-state index in [2.05, 4.69) is 0 Å². The molecule has 15 atom stereocenters. The van der Waals surface area contributed by atoms with Crippen molar-refractivity contribution in [2.24, 2.45) is 22.9 Å². The van der Waals surface area contributed by atoms with Crippen molar-refractivity contribution in [3.05, 3.63) is 0 Å². The van der Waals surface area contributed by atoms with Crippen LogP contribution in [0.4, 0.5) is 0 Å².